The molecule has 1 aliphatic rings. The molecule has 0 atom stereocenters. The van der Waals surface area contributed by atoms with Gasteiger partial charge in [0.15, 0.2) is 0 Å². The largest absolute Gasteiger partial charge is 0.371 e. The molecule has 20 heavy (non-hydrogen) atoms. The summed E-state index contributed by atoms with van der Waals surface area (Å²) in [5.41, 5.74) is 9.62. The first-order valence-electron chi connectivity index (χ1n) is 7.39. The Hall–Kier alpha value is -1.55. The summed E-state index contributed by atoms with van der Waals surface area (Å²) in [6.07, 6.45) is 2.25. The monoisotopic (exact) mass is 275 g/mol. The second-order valence-electron chi connectivity index (χ2n) is 5.70. The van der Waals surface area contributed by atoms with Gasteiger partial charge in [-0.3, -0.25) is 4.79 Å². The van der Waals surface area contributed by atoms with Crippen molar-refractivity contribution in [1.82, 2.24) is 5.32 Å². The molecule has 0 aromatic heterocycles. The molecule has 0 bridgehead atoms. The Morgan fingerprint density at radius 2 is 2.10 bits per heavy atom. The molecule has 0 spiro atoms. The number of aryl methyl sites for hydroxylation is 1. The molecule has 1 aliphatic heterocycles. The van der Waals surface area contributed by atoms with E-state index in [2.05, 4.69) is 35.3 Å². The van der Waals surface area contributed by atoms with E-state index in [1.165, 1.54) is 16.8 Å². The lowest BCUT2D eigenvalue weighted by Crippen LogP contribution is -2.38. The van der Waals surface area contributed by atoms with E-state index >= 15 is 0 Å². The number of carbonyl (C=O) groups excluding carboxylic acids is 1. The summed E-state index contributed by atoms with van der Waals surface area (Å²) in [5.74, 6) is 0.665. The molecular weight excluding hydrogens is 250 g/mol. The summed E-state index contributed by atoms with van der Waals surface area (Å²) in [5, 5.41) is 2.92. The number of hydrogen-bond acceptors (Lipinski definition) is 3. The van der Waals surface area contributed by atoms with Crippen molar-refractivity contribution in [1.29, 1.82) is 0 Å². The molecule has 1 heterocycles. The summed E-state index contributed by atoms with van der Waals surface area (Å²) >= 11 is 0. The van der Waals surface area contributed by atoms with Crippen LogP contribution in [0.25, 0.3) is 0 Å². The third kappa shape index (κ3) is 3.73. The Bertz CT molecular complexity index is 465. The van der Waals surface area contributed by atoms with Gasteiger partial charge in [0.2, 0.25) is 5.91 Å². The predicted octanol–water partition coefficient (Wildman–Crippen LogP) is 1.81. The lowest BCUT2D eigenvalue weighted by molar-refractivity contribution is -0.119. The fraction of sp³-hybridized carbons (Fsp3) is 0.562. The van der Waals surface area contributed by atoms with Crippen LogP contribution in [0.2, 0.25) is 0 Å². The van der Waals surface area contributed by atoms with Crippen LogP contribution in [0.1, 0.15) is 30.9 Å². The van der Waals surface area contributed by atoms with Gasteiger partial charge < -0.3 is 16.0 Å². The molecule has 4 nitrogen and oxygen atoms in total. The predicted molar refractivity (Wildman–Crippen MR) is 82.7 cm³/mol. The van der Waals surface area contributed by atoms with Crippen LogP contribution in [0, 0.1) is 12.8 Å². The molecule has 3 N–H and O–H groups in total. The van der Waals surface area contributed by atoms with Gasteiger partial charge in [0.05, 0.1) is 0 Å². The van der Waals surface area contributed by atoms with E-state index in [1.54, 1.807) is 6.92 Å². The van der Waals surface area contributed by atoms with Crippen molar-refractivity contribution in [3.63, 3.8) is 0 Å². The Morgan fingerprint density at radius 1 is 1.40 bits per heavy atom. The number of nitrogens with zero attached hydrogens (tertiary/aromatic N) is 1. The molecule has 0 radical (unpaired) electrons. The number of benzene rings is 1. The van der Waals surface area contributed by atoms with E-state index in [9.17, 15) is 4.79 Å². The first-order chi connectivity index (χ1) is 9.60. The van der Waals surface area contributed by atoms with Gasteiger partial charge in [0.25, 0.3) is 0 Å². The van der Waals surface area contributed by atoms with Crippen molar-refractivity contribution in [2.45, 2.75) is 33.2 Å². The molecule has 1 fully saturated rings. The molecule has 0 unspecified atom stereocenters. The van der Waals surface area contributed by atoms with E-state index in [4.69, 9.17) is 5.73 Å². The van der Waals surface area contributed by atoms with E-state index in [0.29, 0.717) is 12.5 Å². The summed E-state index contributed by atoms with van der Waals surface area (Å²) in [6.45, 7) is 7.15. The Balaban J connectivity index is 1.95. The lowest BCUT2D eigenvalue weighted by Gasteiger charge is -2.35. The number of amides is 1. The maximum Gasteiger partial charge on any atom is 0.216 e. The van der Waals surface area contributed by atoms with Gasteiger partial charge in [0, 0.05) is 38.8 Å². The minimum Gasteiger partial charge on any atom is -0.371 e. The standard InChI is InChI=1S/C16H25N3O/c1-12-3-4-16(15(9-12)10-17)19-7-5-14(6-8-19)11-18-13(2)20/h3-4,9,14H,5-8,10-11,17H2,1-2H3,(H,18,20). The van der Waals surface area contributed by atoms with Crippen LogP contribution in [-0.4, -0.2) is 25.5 Å². The zero-order chi connectivity index (χ0) is 14.5. The van der Waals surface area contributed by atoms with E-state index in [1.807, 2.05) is 0 Å². The van der Waals surface area contributed by atoms with Gasteiger partial charge >= 0.3 is 0 Å². The number of rotatable bonds is 4. The highest BCUT2D eigenvalue weighted by Crippen LogP contribution is 2.26. The van der Waals surface area contributed by atoms with Crippen LogP contribution in [0.15, 0.2) is 18.2 Å². The molecule has 0 saturated carbocycles. The molecule has 1 saturated heterocycles. The molecule has 1 aromatic carbocycles. The van der Waals surface area contributed by atoms with Crippen molar-refractivity contribution in [2.24, 2.45) is 11.7 Å². The van der Waals surface area contributed by atoms with Crippen LogP contribution >= 0.6 is 0 Å². The van der Waals surface area contributed by atoms with Gasteiger partial charge in [-0.1, -0.05) is 17.7 Å². The van der Waals surface area contributed by atoms with Crippen LogP contribution in [0.4, 0.5) is 5.69 Å². The molecule has 1 aromatic rings. The molecule has 2 rings (SSSR count). The summed E-state index contributed by atoms with van der Waals surface area (Å²) in [7, 11) is 0. The second-order valence-corrected chi connectivity index (χ2v) is 5.70. The smallest absolute Gasteiger partial charge is 0.216 e. The van der Waals surface area contributed by atoms with Crippen molar-refractivity contribution < 1.29 is 4.79 Å². The van der Waals surface area contributed by atoms with Gasteiger partial charge in [-0.15, -0.1) is 0 Å². The fourth-order valence-electron chi connectivity index (χ4n) is 2.85. The molecular formula is C16H25N3O. The normalized spacial score (nSPS) is 16.2. The van der Waals surface area contributed by atoms with Gasteiger partial charge in [-0.05, 0) is 37.3 Å². The Morgan fingerprint density at radius 3 is 2.70 bits per heavy atom. The number of nitrogens with two attached hydrogens (primary N) is 1. The summed E-state index contributed by atoms with van der Waals surface area (Å²) < 4.78 is 0. The van der Waals surface area contributed by atoms with E-state index < -0.39 is 0 Å². The number of piperidine rings is 1. The summed E-state index contributed by atoms with van der Waals surface area (Å²) in [6, 6.07) is 6.52. The van der Waals surface area contributed by atoms with Crippen molar-refractivity contribution in [2.75, 3.05) is 24.5 Å². The number of nitrogens with one attached hydrogen (secondary N) is 1. The number of anilines is 1. The first kappa shape index (κ1) is 14.9. The third-order valence-corrected chi connectivity index (χ3v) is 4.05. The average molecular weight is 275 g/mol. The highest BCUT2D eigenvalue weighted by molar-refractivity contribution is 5.72. The van der Waals surface area contributed by atoms with Gasteiger partial charge in [-0.25, -0.2) is 0 Å². The average Bonchev–Trinajstić information content (AvgIpc) is 2.45. The van der Waals surface area contributed by atoms with E-state index in [0.717, 1.165) is 32.5 Å². The molecule has 4 heteroatoms. The number of carbonyl (C=O) groups is 1. The quantitative estimate of drug-likeness (QED) is 0.881. The SMILES string of the molecule is CC(=O)NCC1CCN(c2ccc(C)cc2CN)CC1. The van der Waals surface area contributed by atoms with E-state index in [-0.39, 0.29) is 5.91 Å². The van der Waals surface area contributed by atoms with Crippen molar-refractivity contribution in [3.8, 4) is 0 Å². The first-order valence-corrected chi connectivity index (χ1v) is 7.39. The lowest BCUT2D eigenvalue weighted by atomic mass is 9.95. The van der Waals surface area contributed by atoms with Crippen LogP contribution in [-0.2, 0) is 11.3 Å². The molecule has 1 amide bonds. The Kier molecular flexibility index (Phi) is 5.01. The fourth-order valence-corrected chi connectivity index (χ4v) is 2.85. The van der Waals surface area contributed by atoms with Gasteiger partial charge in [0.1, 0.15) is 0 Å². The topological polar surface area (TPSA) is 58.4 Å². The second kappa shape index (κ2) is 6.75. The van der Waals surface area contributed by atoms with Crippen LogP contribution in [0.5, 0.6) is 0 Å². The van der Waals surface area contributed by atoms with Crippen molar-refractivity contribution in [3.05, 3.63) is 29.3 Å². The highest BCUT2D eigenvalue weighted by atomic mass is 16.1. The summed E-state index contributed by atoms with van der Waals surface area (Å²) in [4.78, 5) is 13.4. The minimum absolute atomic E-state index is 0.0661. The maximum absolute atomic E-state index is 11.0. The highest BCUT2D eigenvalue weighted by Gasteiger charge is 2.20. The number of hydrogen-bond donors (Lipinski definition) is 2. The van der Waals surface area contributed by atoms with Crippen LogP contribution in [0.3, 0.4) is 0 Å². The minimum atomic E-state index is 0.0661. The van der Waals surface area contributed by atoms with Crippen LogP contribution < -0.4 is 16.0 Å². The zero-order valence-electron chi connectivity index (χ0n) is 12.5. The molecule has 110 valence electrons. The van der Waals surface area contributed by atoms with Crippen molar-refractivity contribution >= 4 is 11.6 Å². The third-order valence-electron chi connectivity index (χ3n) is 4.05. The maximum atomic E-state index is 11.0. The van der Waals surface area contributed by atoms with Gasteiger partial charge in [-0.2, -0.15) is 0 Å². The molecule has 0 aliphatic carbocycles. The zero-order valence-corrected chi connectivity index (χ0v) is 12.5. The Labute approximate surface area is 121 Å².